The summed E-state index contributed by atoms with van der Waals surface area (Å²) in [6, 6.07) is 1.62. The maximum Gasteiger partial charge on any atom is 0.250 e. The summed E-state index contributed by atoms with van der Waals surface area (Å²) in [6.45, 7) is 2.27. The molecular weight excluding hydrogens is 337 g/mol. The van der Waals surface area contributed by atoms with Crippen LogP contribution in [0.3, 0.4) is 0 Å². The number of sulfonamides is 1. The minimum atomic E-state index is -3.45. The van der Waals surface area contributed by atoms with E-state index < -0.39 is 10.0 Å². The van der Waals surface area contributed by atoms with E-state index in [1.807, 2.05) is 6.92 Å². The molecule has 2 unspecified atom stereocenters. The highest BCUT2D eigenvalue weighted by Crippen LogP contribution is 2.32. The van der Waals surface area contributed by atoms with E-state index in [-0.39, 0.29) is 0 Å². The van der Waals surface area contributed by atoms with Gasteiger partial charge in [-0.3, -0.25) is 0 Å². The third kappa shape index (κ3) is 3.89. The first kappa shape index (κ1) is 16.6. The lowest BCUT2D eigenvalue weighted by Gasteiger charge is -2.30. The van der Waals surface area contributed by atoms with Gasteiger partial charge in [0.1, 0.15) is 4.21 Å². The first-order valence-electron chi connectivity index (χ1n) is 6.75. The topological polar surface area (TPSA) is 46.2 Å². The van der Waals surface area contributed by atoms with Crippen LogP contribution in [0.5, 0.6) is 0 Å². The van der Waals surface area contributed by atoms with Crippen LogP contribution in [0.15, 0.2) is 10.3 Å². The molecule has 1 aliphatic rings. The second-order valence-corrected chi connectivity index (χ2v) is 9.29. The standard InChI is InChI=1S/C13H19Cl2NO2S2/c1-9-6-12(19-13(9)15)20(17,18)16-8-11-5-3-2-4-10(11)7-14/h6,10-11,16H,2-5,7-8H2,1H3. The molecule has 1 N–H and O–H groups in total. The van der Waals surface area contributed by atoms with E-state index in [1.165, 1.54) is 6.42 Å². The quantitative estimate of drug-likeness (QED) is 0.810. The normalized spacial score (nSPS) is 23.9. The fourth-order valence-electron chi connectivity index (χ4n) is 2.61. The summed E-state index contributed by atoms with van der Waals surface area (Å²) in [5.74, 6) is 1.37. The molecule has 0 aliphatic heterocycles. The predicted octanol–water partition coefficient (Wildman–Crippen LogP) is 4.03. The van der Waals surface area contributed by atoms with Crippen LogP contribution in [0.1, 0.15) is 31.2 Å². The van der Waals surface area contributed by atoms with Crippen molar-refractivity contribution in [1.29, 1.82) is 0 Å². The lowest BCUT2D eigenvalue weighted by atomic mass is 9.80. The van der Waals surface area contributed by atoms with Crippen molar-refractivity contribution in [1.82, 2.24) is 4.72 Å². The number of rotatable bonds is 5. The maximum absolute atomic E-state index is 12.2. The molecule has 1 aromatic heterocycles. The van der Waals surface area contributed by atoms with Gasteiger partial charge in [-0.25, -0.2) is 13.1 Å². The SMILES string of the molecule is Cc1cc(S(=O)(=O)NCC2CCCCC2CCl)sc1Cl. The van der Waals surface area contributed by atoms with Gasteiger partial charge < -0.3 is 0 Å². The molecule has 7 heteroatoms. The van der Waals surface area contributed by atoms with Crippen molar-refractivity contribution in [2.75, 3.05) is 12.4 Å². The Hall–Kier alpha value is 0.190. The molecule has 1 heterocycles. The van der Waals surface area contributed by atoms with Gasteiger partial charge in [-0.1, -0.05) is 24.4 Å². The number of aryl methyl sites for hydroxylation is 1. The molecule has 0 bridgehead atoms. The first-order chi connectivity index (χ1) is 9.44. The average molecular weight is 356 g/mol. The van der Waals surface area contributed by atoms with E-state index in [4.69, 9.17) is 23.2 Å². The molecule has 0 amide bonds. The van der Waals surface area contributed by atoms with Gasteiger partial charge in [0.25, 0.3) is 0 Å². The van der Waals surface area contributed by atoms with Crippen LogP contribution in [0.25, 0.3) is 0 Å². The molecule has 3 nitrogen and oxygen atoms in total. The van der Waals surface area contributed by atoms with Gasteiger partial charge in [0.05, 0.1) is 4.34 Å². The highest BCUT2D eigenvalue weighted by Gasteiger charge is 2.26. The van der Waals surface area contributed by atoms with E-state index in [0.717, 1.165) is 36.2 Å². The average Bonchev–Trinajstić information content (AvgIpc) is 2.78. The molecule has 114 valence electrons. The van der Waals surface area contributed by atoms with Gasteiger partial charge in [-0.15, -0.1) is 22.9 Å². The van der Waals surface area contributed by atoms with Gasteiger partial charge >= 0.3 is 0 Å². The number of nitrogens with one attached hydrogen (secondary N) is 1. The van der Waals surface area contributed by atoms with Crippen molar-refractivity contribution in [2.24, 2.45) is 11.8 Å². The first-order valence-corrected chi connectivity index (χ1v) is 9.97. The smallest absolute Gasteiger partial charge is 0.210 e. The van der Waals surface area contributed by atoms with Crippen molar-refractivity contribution in [3.8, 4) is 0 Å². The molecule has 1 saturated carbocycles. The summed E-state index contributed by atoms with van der Waals surface area (Å²) in [6.07, 6.45) is 4.49. The molecule has 1 fully saturated rings. The monoisotopic (exact) mass is 355 g/mol. The third-order valence-electron chi connectivity index (χ3n) is 3.90. The van der Waals surface area contributed by atoms with Gasteiger partial charge in [0.2, 0.25) is 10.0 Å². The van der Waals surface area contributed by atoms with Gasteiger partial charge in [0, 0.05) is 12.4 Å². The van der Waals surface area contributed by atoms with Crippen LogP contribution in [0.2, 0.25) is 4.34 Å². The molecule has 0 aromatic carbocycles. The van der Waals surface area contributed by atoms with Crippen molar-refractivity contribution < 1.29 is 8.42 Å². The van der Waals surface area contributed by atoms with Crippen molar-refractivity contribution >= 4 is 44.6 Å². The Morgan fingerprint density at radius 2 is 2.00 bits per heavy atom. The Labute approximate surface area is 134 Å². The predicted molar refractivity (Wildman–Crippen MR) is 85.4 cm³/mol. The second-order valence-electron chi connectivity index (χ2n) is 5.33. The van der Waals surface area contributed by atoms with Crippen LogP contribution in [-0.2, 0) is 10.0 Å². The molecule has 20 heavy (non-hydrogen) atoms. The maximum atomic E-state index is 12.2. The molecular formula is C13H19Cl2NO2S2. The second kappa shape index (κ2) is 6.97. The summed E-state index contributed by atoms with van der Waals surface area (Å²) in [5, 5.41) is 0. The van der Waals surface area contributed by atoms with Crippen LogP contribution in [-0.4, -0.2) is 20.8 Å². The molecule has 1 aromatic rings. The van der Waals surface area contributed by atoms with E-state index in [2.05, 4.69) is 4.72 Å². The van der Waals surface area contributed by atoms with Gasteiger partial charge in [-0.2, -0.15) is 0 Å². The van der Waals surface area contributed by atoms with Crippen molar-refractivity contribution in [2.45, 2.75) is 36.8 Å². The van der Waals surface area contributed by atoms with Crippen LogP contribution in [0, 0.1) is 18.8 Å². The Morgan fingerprint density at radius 3 is 2.55 bits per heavy atom. The Kier molecular flexibility index (Phi) is 5.77. The van der Waals surface area contributed by atoms with Crippen LogP contribution < -0.4 is 4.72 Å². The fraction of sp³-hybridized carbons (Fsp3) is 0.692. The Morgan fingerprint density at radius 1 is 1.35 bits per heavy atom. The lowest BCUT2D eigenvalue weighted by Crippen LogP contribution is -2.34. The molecule has 0 saturated heterocycles. The zero-order chi connectivity index (χ0) is 14.8. The van der Waals surface area contributed by atoms with Gasteiger partial charge in [-0.05, 0) is 43.2 Å². The molecule has 2 atom stereocenters. The number of hydrogen-bond acceptors (Lipinski definition) is 3. The summed E-state index contributed by atoms with van der Waals surface area (Å²) in [5.41, 5.74) is 0.799. The highest BCUT2D eigenvalue weighted by molar-refractivity contribution is 7.91. The largest absolute Gasteiger partial charge is 0.250 e. The van der Waals surface area contributed by atoms with Crippen molar-refractivity contribution in [3.05, 3.63) is 16.0 Å². The minimum absolute atomic E-state index is 0.290. The summed E-state index contributed by atoms with van der Waals surface area (Å²) in [7, 11) is -3.45. The molecule has 0 spiro atoms. The number of halogens is 2. The minimum Gasteiger partial charge on any atom is -0.210 e. The van der Waals surface area contributed by atoms with Crippen molar-refractivity contribution in [3.63, 3.8) is 0 Å². The lowest BCUT2D eigenvalue weighted by molar-refractivity contribution is 0.260. The molecule has 1 aliphatic carbocycles. The number of alkyl halides is 1. The zero-order valence-electron chi connectivity index (χ0n) is 11.4. The summed E-state index contributed by atoms with van der Waals surface area (Å²) < 4.78 is 28.0. The number of hydrogen-bond donors (Lipinski definition) is 1. The molecule has 2 rings (SSSR count). The Balaban J connectivity index is 2.01. The molecule has 0 radical (unpaired) electrons. The van der Waals surface area contributed by atoms with E-state index in [9.17, 15) is 8.42 Å². The fourth-order valence-corrected chi connectivity index (χ4v) is 5.86. The number of thiophene rings is 1. The Bertz CT molecular complexity index is 537. The van der Waals surface area contributed by atoms with E-state index in [0.29, 0.717) is 32.8 Å². The van der Waals surface area contributed by atoms with E-state index in [1.54, 1.807) is 6.07 Å². The summed E-state index contributed by atoms with van der Waals surface area (Å²) >= 11 is 13.0. The highest BCUT2D eigenvalue weighted by atomic mass is 35.5. The van der Waals surface area contributed by atoms with Gasteiger partial charge in [0.15, 0.2) is 0 Å². The zero-order valence-corrected chi connectivity index (χ0v) is 14.5. The third-order valence-corrected chi connectivity index (χ3v) is 7.75. The van der Waals surface area contributed by atoms with E-state index >= 15 is 0 Å². The van der Waals surface area contributed by atoms with Crippen LogP contribution >= 0.6 is 34.5 Å². The summed E-state index contributed by atoms with van der Waals surface area (Å²) in [4.78, 5) is 0. The van der Waals surface area contributed by atoms with Crippen LogP contribution in [0.4, 0.5) is 0 Å².